The van der Waals surface area contributed by atoms with E-state index in [4.69, 9.17) is 0 Å². The number of hydrogen-bond acceptors (Lipinski definition) is 4. The number of aliphatic hydroxyl groups is 1. The molecule has 0 amide bonds. The highest BCUT2D eigenvalue weighted by molar-refractivity contribution is 5.78. The van der Waals surface area contributed by atoms with Crippen LogP contribution in [-0.4, -0.2) is 20.1 Å². The minimum atomic E-state index is -0.801. The molecule has 0 radical (unpaired) electrons. The molecule has 4 nitrogen and oxygen atoms in total. The average Bonchev–Trinajstić information content (AvgIpc) is 2.47. The Balaban J connectivity index is 2.01. The van der Waals surface area contributed by atoms with E-state index in [0.29, 0.717) is 5.69 Å². The van der Waals surface area contributed by atoms with E-state index in [1.165, 1.54) is 0 Å². The summed E-state index contributed by atoms with van der Waals surface area (Å²) >= 11 is 0. The van der Waals surface area contributed by atoms with Gasteiger partial charge in [0.1, 0.15) is 6.10 Å². The minimum absolute atomic E-state index is 0.530. The van der Waals surface area contributed by atoms with Crippen molar-refractivity contribution in [1.29, 1.82) is 0 Å². The predicted octanol–water partition coefficient (Wildman–Crippen LogP) is 2.41. The van der Waals surface area contributed by atoms with Crippen LogP contribution in [0.3, 0.4) is 0 Å². The topological polar surface area (TPSA) is 58.9 Å². The Morgan fingerprint density at radius 2 is 1.84 bits per heavy atom. The van der Waals surface area contributed by atoms with Crippen LogP contribution in [-0.2, 0) is 0 Å². The normalized spacial score (nSPS) is 12.5. The highest BCUT2D eigenvalue weighted by Crippen LogP contribution is 2.22. The number of aromatic nitrogens is 3. The molecule has 2 heterocycles. The summed E-state index contributed by atoms with van der Waals surface area (Å²) < 4.78 is 0. The fourth-order valence-corrected chi connectivity index (χ4v) is 1.95. The van der Waals surface area contributed by atoms with Gasteiger partial charge in [-0.3, -0.25) is 15.0 Å². The molecule has 3 rings (SSSR count). The molecule has 1 unspecified atom stereocenters. The van der Waals surface area contributed by atoms with Gasteiger partial charge in [-0.05, 0) is 19.1 Å². The molecule has 3 aromatic rings. The first kappa shape index (κ1) is 11.7. The quantitative estimate of drug-likeness (QED) is 0.760. The SMILES string of the molecule is Cc1cnc(C(O)c2cnc3ccccc3c2)cn1. The predicted molar refractivity (Wildman–Crippen MR) is 72.6 cm³/mol. The van der Waals surface area contributed by atoms with Crippen molar-refractivity contribution < 1.29 is 5.11 Å². The van der Waals surface area contributed by atoms with Gasteiger partial charge in [-0.1, -0.05) is 18.2 Å². The maximum Gasteiger partial charge on any atom is 0.124 e. The van der Waals surface area contributed by atoms with Gasteiger partial charge in [0.15, 0.2) is 0 Å². The molecule has 4 heteroatoms. The van der Waals surface area contributed by atoms with Gasteiger partial charge in [-0.15, -0.1) is 0 Å². The molecule has 94 valence electrons. The van der Waals surface area contributed by atoms with Crippen LogP contribution in [0.2, 0.25) is 0 Å². The van der Waals surface area contributed by atoms with Crippen LogP contribution in [0.5, 0.6) is 0 Å². The Hall–Kier alpha value is -2.33. The van der Waals surface area contributed by atoms with Crippen molar-refractivity contribution in [1.82, 2.24) is 15.0 Å². The van der Waals surface area contributed by atoms with E-state index in [9.17, 15) is 5.11 Å². The van der Waals surface area contributed by atoms with Gasteiger partial charge in [0.05, 0.1) is 23.1 Å². The standard InChI is InChI=1S/C15H13N3O/c1-10-7-17-14(9-16-10)15(19)12-6-11-4-2-3-5-13(11)18-8-12/h2-9,15,19H,1H3. The Morgan fingerprint density at radius 3 is 2.63 bits per heavy atom. The molecular weight excluding hydrogens is 238 g/mol. The van der Waals surface area contributed by atoms with Gasteiger partial charge in [-0.25, -0.2) is 0 Å². The fourth-order valence-electron chi connectivity index (χ4n) is 1.95. The molecule has 0 saturated carbocycles. The first-order valence-electron chi connectivity index (χ1n) is 6.05. The van der Waals surface area contributed by atoms with E-state index in [1.807, 2.05) is 37.3 Å². The lowest BCUT2D eigenvalue weighted by Crippen LogP contribution is -2.04. The number of benzene rings is 1. The van der Waals surface area contributed by atoms with Crippen LogP contribution in [0.25, 0.3) is 10.9 Å². The number of hydrogen-bond donors (Lipinski definition) is 1. The first-order valence-corrected chi connectivity index (χ1v) is 6.05. The molecule has 1 N–H and O–H groups in total. The minimum Gasteiger partial charge on any atom is -0.382 e. The van der Waals surface area contributed by atoms with E-state index in [-0.39, 0.29) is 0 Å². The molecule has 0 bridgehead atoms. The van der Waals surface area contributed by atoms with Crippen LogP contribution in [0.4, 0.5) is 0 Å². The summed E-state index contributed by atoms with van der Waals surface area (Å²) in [7, 11) is 0. The van der Waals surface area contributed by atoms with Crippen molar-refractivity contribution in [3.63, 3.8) is 0 Å². The number of aryl methyl sites for hydroxylation is 1. The van der Waals surface area contributed by atoms with Crippen molar-refractivity contribution in [3.05, 3.63) is 65.9 Å². The van der Waals surface area contributed by atoms with Crippen LogP contribution in [0.1, 0.15) is 23.1 Å². The molecule has 2 aromatic heterocycles. The third-order valence-electron chi connectivity index (χ3n) is 3.01. The average molecular weight is 251 g/mol. The Labute approximate surface area is 110 Å². The molecule has 19 heavy (non-hydrogen) atoms. The Kier molecular flexibility index (Phi) is 2.93. The maximum absolute atomic E-state index is 10.3. The summed E-state index contributed by atoms with van der Waals surface area (Å²) in [6.07, 6.45) is 4.11. The van der Waals surface area contributed by atoms with Gasteiger partial charge in [0.2, 0.25) is 0 Å². The lowest BCUT2D eigenvalue weighted by molar-refractivity contribution is 0.214. The van der Waals surface area contributed by atoms with Crippen molar-refractivity contribution in [3.8, 4) is 0 Å². The highest BCUT2D eigenvalue weighted by Gasteiger charge is 2.13. The molecule has 0 aliphatic heterocycles. The summed E-state index contributed by atoms with van der Waals surface area (Å²) in [4.78, 5) is 12.7. The second kappa shape index (κ2) is 4.74. The molecule has 1 atom stereocenters. The van der Waals surface area contributed by atoms with Gasteiger partial charge in [-0.2, -0.15) is 0 Å². The fraction of sp³-hybridized carbons (Fsp3) is 0.133. The van der Waals surface area contributed by atoms with Gasteiger partial charge < -0.3 is 5.11 Å². The van der Waals surface area contributed by atoms with Gasteiger partial charge in [0, 0.05) is 23.3 Å². The van der Waals surface area contributed by atoms with Crippen LogP contribution in [0.15, 0.2) is 48.9 Å². The van der Waals surface area contributed by atoms with Gasteiger partial charge >= 0.3 is 0 Å². The molecule has 0 fully saturated rings. The van der Waals surface area contributed by atoms with E-state index in [2.05, 4.69) is 15.0 Å². The summed E-state index contributed by atoms with van der Waals surface area (Å²) in [5, 5.41) is 11.3. The summed E-state index contributed by atoms with van der Waals surface area (Å²) in [6.45, 7) is 1.86. The molecule has 0 aliphatic carbocycles. The Morgan fingerprint density at radius 1 is 1.00 bits per heavy atom. The van der Waals surface area contributed by atoms with Crippen LogP contribution < -0.4 is 0 Å². The number of para-hydroxylation sites is 1. The van der Waals surface area contributed by atoms with Crippen LogP contribution in [0, 0.1) is 6.92 Å². The second-order valence-corrected chi connectivity index (χ2v) is 4.45. The number of rotatable bonds is 2. The van der Waals surface area contributed by atoms with Crippen molar-refractivity contribution in [2.75, 3.05) is 0 Å². The number of aliphatic hydroxyl groups excluding tert-OH is 1. The zero-order valence-electron chi connectivity index (χ0n) is 10.5. The third kappa shape index (κ3) is 2.30. The van der Waals surface area contributed by atoms with E-state index in [1.54, 1.807) is 18.6 Å². The number of nitrogens with zero attached hydrogens (tertiary/aromatic N) is 3. The lowest BCUT2D eigenvalue weighted by atomic mass is 10.1. The molecule has 0 saturated heterocycles. The number of fused-ring (bicyclic) bond motifs is 1. The van der Waals surface area contributed by atoms with E-state index < -0.39 is 6.10 Å². The zero-order chi connectivity index (χ0) is 13.2. The Bertz CT molecular complexity index is 710. The van der Waals surface area contributed by atoms with E-state index in [0.717, 1.165) is 22.2 Å². The monoisotopic (exact) mass is 251 g/mol. The molecule has 0 aliphatic rings. The number of pyridine rings is 1. The summed E-state index contributed by atoms with van der Waals surface area (Å²) in [5.41, 5.74) is 2.99. The zero-order valence-corrected chi connectivity index (χ0v) is 10.5. The van der Waals surface area contributed by atoms with Crippen molar-refractivity contribution >= 4 is 10.9 Å². The lowest BCUT2D eigenvalue weighted by Gasteiger charge is -2.10. The summed E-state index contributed by atoms with van der Waals surface area (Å²) in [6, 6.07) is 9.73. The van der Waals surface area contributed by atoms with Crippen molar-refractivity contribution in [2.24, 2.45) is 0 Å². The molecule has 1 aromatic carbocycles. The summed E-state index contributed by atoms with van der Waals surface area (Å²) in [5.74, 6) is 0. The third-order valence-corrected chi connectivity index (χ3v) is 3.01. The van der Waals surface area contributed by atoms with Crippen LogP contribution >= 0.6 is 0 Å². The van der Waals surface area contributed by atoms with Gasteiger partial charge in [0.25, 0.3) is 0 Å². The smallest absolute Gasteiger partial charge is 0.124 e. The maximum atomic E-state index is 10.3. The first-order chi connectivity index (χ1) is 9.24. The largest absolute Gasteiger partial charge is 0.382 e. The second-order valence-electron chi connectivity index (χ2n) is 4.45. The van der Waals surface area contributed by atoms with E-state index >= 15 is 0 Å². The molecule has 0 spiro atoms. The van der Waals surface area contributed by atoms with Crippen molar-refractivity contribution in [2.45, 2.75) is 13.0 Å². The molecular formula is C15H13N3O. The highest BCUT2D eigenvalue weighted by atomic mass is 16.3.